The fraction of sp³-hybridized carbons (Fsp3) is 1.00. The minimum Gasteiger partial charge on any atom is -0.312 e. The standard InChI is InChI=1S/C16H33N/c1-15(2,3)13-16(4,5)17-12-11-14-9-7-6-8-10-14/h14,17H,6-13H2,1-5H3. The number of nitrogens with one attached hydrogen (secondary N) is 1. The van der Waals surface area contributed by atoms with Crippen molar-refractivity contribution in [1.29, 1.82) is 0 Å². The third-order valence-corrected chi connectivity index (χ3v) is 3.85. The average molecular weight is 239 g/mol. The molecule has 0 saturated heterocycles. The van der Waals surface area contributed by atoms with Crippen molar-refractivity contribution >= 4 is 0 Å². The van der Waals surface area contributed by atoms with Crippen molar-refractivity contribution in [2.75, 3.05) is 6.54 Å². The molecule has 1 aliphatic carbocycles. The molecule has 0 amide bonds. The average Bonchev–Trinajstić information content (AvgIpc) is 2.15. The molecule has 1 rings (SSSR count). The van der Waals surface area contributed by atoms with E-state index in [1.54, 1.807) is 0 Å². The van der Waals surface area contributed by atoms with E-state index < -0.39 is 0 Å². The zero-order chi connectivity index (χ0) is 12.9. The van der Waals surface area contributed by atoms with Crippen LogP contribution in [0.1, 0.15) is 79.6 Å². The third kappa shape index (κ3) is 7.08. The summed E-state index contributed by atoms with van der Waals surface area (Å²) in [6, 6.07) is 0. The summed E-state index contributed by atoms with van der Waals surface area (Å²) >= 11 is 0. The summed E-state index contributed by atoms with van der Waals surface area (Å²) in [7, 11) is 0. The molecule has 1 N–H and O–H groups in total. The van der Waals surface area contributed by atoms with Crippen LogP contribution >= 0.6 is 0 Å². The van der Waals surface area contributed by atoms with Gasteiger partial charge in [-0.05, 0) is 44.6 Å². The van der Waals surface area contributed by atoms with E-state index in [2.05, 4.69) is 39.9 Å². The molecule has 1 fully saturated rings. The van der Waals surface area contributed by atoms with Gasteiger partial charge in [0, 0.05) is 5.54 Å². The van der Waals surface area contributed by atoms with Gasteiger partial charge >= 0.3 is 0 Å². The Morgan fingerprint density at radius 3 is 2.06 bits per heavy atom. The van der Waals surface area contributed by atoms with E-state index in [0.29, 0.717) is 5.41 Å². The SMILES string of the molecule is CC(C)(C)CC(C)(C)NCCC1CCCCC1. The summed E-state index contributed by atoms with van der Waals surface area (Å²) in [5, 5.41) is 3.76. The fourth-order valence-corrected chi connectivity index (χ4v) is 3.48. The molecule has 0 unspecified atom stereocenters. The van der Waals surface area contributed by atoms with Crippen LogP contribution in [0.5, 0.6) is 0 Å². The quantitative estimate of drug-likeness (QED) is 0.729. The monoisotopic (exact) mass is 239 g/mol. The van der Waals surface area contributed by atoms with Crippen LogP contribution in [0, 0.1) is 11.3 Å². The van der Waals surface area contributed by atoms with Crippen molar-refractivity contribution in [2.45, 2.75) is 85.1 Å². The van der Waals surface area contributed by atoms with Gasteiger partial charge in [-0.2, -0.15) is 0 Å². The molecule has 0 spiro atoms. The zero-order valence-electron chi connectivity index (χ0n) is 12.7. The zero-order valence-corrected chi connectivity index (χ0v) is 12.7. The van der Waals surface area contributed by atoms with Gasteiger partial charge in [-0.1, -0.05) is 52.9 Å². The number of rotatable bonds is 5. The topological polar surface area (TPSA) is 12.0 Å². The van der Waals surface area contributed by atoms with Gasteiger partial charge in [-0.3, -0.25) is 0 Å². The van der Waals surface area contributed by atoms with Gasteiger partial charge in [0.25, 0.3) is 0 Å². The van der Waals surface area contributed by atoms with E-state index in [-0.39, 0.29) is 5.54 Å². The van der Waals surface area contributed by atoms with E-state index >= 15 is 0 Å². The first kappa shape index (κ1) is 15.0. The highest BCUT2D eigenvalue weighted by atomic mass is 14.9. The predicted octanol–water partition coefficient (Wildman–Crippen LogP) is 4.76. The van der Waals surface area contributed by atoms with Crippen molar-refractivity contribution in [3.63, 3.8) is 0 Å². The van der Waals surface area contributed by atoms with Crippen LogP contribution in [0.4, 0.5) is 0 Å². The minimum absolute atomic E-state index is 0.285. The lowest BCUT2D eigenvalue weighted by atomic mass is 9.81. The highest BCUT2D eigenvalue weighted by Gasteiger charge is 2.25. The van der Waals surface area contributed by atoms with Crippen LogP contribution in [0.3, 0.4) is 0 Å². The molecular formula is C16H33N. The number of hydrogen-bond donors (Lipinski definition) is 1. The molecule has 1 aliphatic rings. The van der Waals surface area contributed by atoms with Gasteiger partial charge < -0.3 is 5.32 Å². The van der Waals surface area contributed by atoms with Gasteiger partial charge in [0.05, 0.1) is 0 Å². The maximum absolute atomic E-state index is 3.76. The maximum Gasteiger partial charge on any atom is 0.0130 e. The second-order valence-corrected chi connectivity index (χ2v) is 7.84. The molecule has 0 aliphatic heterocycles. The Morgan fingerprint density at radius 2 is 1.53 bits per heavy atom. The van der Waals surface area contributed by atoms with Crippen LogP contribution in [0.2, 0.25) is 0 Å². The second kappa shape index (κ2) is 6.22. The van der Waals surface area contributed by atoms with Crippen LogP contribution in [0.15, 0.2) is 0 Å². The molecule has 1 heteroatoms. The summed E-state index contributed by atoms with van der Waals surface area (Å²) in [5.41, 5.74) is 0.703. The van der Waals surface area contributed by atoms with Gasteiger partial charge in [0.2, 0.25) is 0 Å². The van der Waals surface area contributed by atoms with Crippen LogP contribution < -0.4 is 5.32 Å². The molecule has 0 aromatic heterocycles. The molecule has 0 aromatic rings. The maximum atomic E-state index is 3.76. The molecule has 0 radical (unpaired) electrons. The fourth-order valence-electron chi connectivity index (χ4n) is 3.48. The molecule has 102 valence electrons. The minimum atomic E-state index is 0.285. The molecular weight excluding hydrogens is 206 g/mol. The first-order valence-electron chi connectivity index (χ1n) is 7.54. The first-order valence-corrected chi connectivity index (χ1v) is 7.54. The molecule has 1 saturated carbocycles. The van der Waals surface area contributed by atoms with Gasteiger partial charge in [-0.25, -0.2) is 0 Å². The smallest absolute Gasteiger partial charge is 0.0130 e. The van der Waals surface area contributed by atoms with Crippen molar-refractivity contribution in [3.05, 3.63) is 0 Å². The highest BCUT2D eigenvalue weighted by molar-refractivity contribution is 4.83. The van der Waals surface area contributed by atoms with E-state index in [0.717, 1.165) is 5.92 Å². The van der Waals surface area contributed by atoms with Crippen molar-refractivity contribution in [2.24, 2.45) is 11.3 Å². The normalized spacial score (nSPS) is 19.6. The van der Waals surface area contributed by atoms with E-state index in [1.807, 2.05) is 0 Å². The Hall–Kier alpha value is -0.0400. The molecule has 0 aromatic carbocycles. The lowest BCUT2D eigenvalue weighted by Crippen LogP contribution is -2.43. The Labute approximate surface area is 109 Å². The van der Waals surface area contributed by atoms with Crippen molar-refractivity contribution < 1.29 is 0 Å². The summed E-state index contributed by atoms with van der Waals surface area (Å²) in [6.45, 7) is 12.9. The number of hydrogen-bond acceptors (Lipinski definition) is 1. The van der Waals surface area contributed by atoms with Crippen molar-refractivity contribution in [1.82, 2.24) is 5.32 Å². The van der Waals surface area contributed by atoms with Gasteiger partial charge in [0.1, 0.15) is 0 Å². The first-order chi connectivity index (χ1) is 7.79. The van der Waals surface area contributed by atoms with E-state index in [4.69, 9.17) is 0 Å². The Bertz CT molecular complexity index is 206. The van der Waals surface area contributed by atoms with Crippen LogP contribution in [-0.4, -0.2) is 12.1 Å². The van der Waals surface area contributed by atoms with Gasteiger partial charge in [0.15, 0.2) is 0 Å². The lowest BCUT2D eigenvalue weighted by molar-refractivity contribution is 0.232. The van der Waals surface area contributed by atoms with Crippen LogP contribution in [0.25, 0.3) is 0 Å². The predicted molar refractivity (Wildman–Crippen MR) is 77.3 cm³/mol. The summed E-state index contributed by atoms with van der Waals surface area (Å²) in [4.78, 5) is 0. The highest BCUT2D eigenvalue weighted by Crippen LogP contribution is 2.28. The third-order valence-electron chi connectivity index (χ3n) is 3.85. The molecule has 17 heavy (non-hydrogen) atoms. The van der Waals surface area contributed by atoms with Gasteiger partial charge in [-0.15, -0.1) is 0 Å². The van der Waals surface area contributed by atoms with E-state index in [1.165, 1.54) is 51.5 Å². The Morgan fingerprint density at radius 1 is 0.941 bits per heavy atom. The lowest BCUT2D eigenvalue weighted by Gasteiger charge is -2.34. The molecule has 0 heterocycles. The van der Waals surface area contributed by atoms with Crippen molar-refractivity contribution in [3.8, 4) is 0 Å². The molecule has 0 bridgehead atoms. The summed E-state index contributed by atoms with van der Waals surface area (Å²) < 4.78 is 0. The molecule has 1 nitrogen and oxygen atoms in total. The molecule has 0 atom stereocenters. The Kier molecular flexibility index (Phi) is 5.50. The van der Waals surface area contributed by atoms with Crippen LogP contribution in [-0.2, 0) is 0 Å². The van der Waals surface area contributed by atoms with E-state index in [9.17, 15) is 0 Å². The largest absolute Gasteiger partial charge is 0.312 e. The summed E-state index contributed by atoms with van der Waals surface area (Å²) in [6.07, 6.45) is 9.98. The Balaban J connectivity index is 2.20. The second-order valence-electron chi connectivity index (χ2n) is 7.84. The summed E-state index contributed by atoms with van der Waals surface area (Å²) in [5.74, 6) is 1.00.